The minimum absolute atomic E-state index is 0.241. The SMILES string of the molecule is COc1ncnc(SC2CCOC2C)c1N. The van der Waals surface area contributed by atoms with Crippen LogP contribution in [0, 0.1) is 0 Å². The summed E-state index contributed by atoms with van der Waals surface area (Å²) in [5.41, 5.74) is 6.41. The van der Waals surface area contributed by atoms with Crippen molar-refractivity contribution in [1.82, 2.24) is 9.97 Å². The van der Waals surface area contributed by atoms with Crippen LogP contribution in [0.4, 0.5) is 5.69 Å². The van der Waals surface area contributed by atoms with E-state index in [0.29, 0.717) is 16.8 Å². The topological polar surface area (TPSA) is 70.3 Å². The van der Waals surface area contributed by atoms with E-state index >= 15 is 0 Å². The highest BCUT2D eigenvalue weighted by molar-refractivity contribution is 8.00. The molecule has 1 aliphatic rings. The summed E-state index contributed by atoms with van der Waals surface area (Å²) < 4.78 is 10.6. The lowest BCUT2D eigenvalue weighted by Crippen LogP contribution is -2.14. The van der Waals surface area contributed by atoms with E-state index in [2.05, 4.69) is 16.9 Å². The zero-order valence-corrected chi connectivity index (χ0v) is 10.2. The van der Waals surface area contributed by atoms with Crippen molar-refractivity contribution in [3.63, 3.8) is 0 Å². The Morgan fingerprint density at radius 1 is 1.56 bits per heavy atom. The number of nitrogen functional groups attached to an aromatic ring is 1. The molecule has 0 spiro atoms. The summed E-state index contributed by atoms with van der Waals surface area (Å²) in [6, 6.07) is 0. The van der Waals surface area contributed by atoms with Crippen molar-refractivity contribution < 1.29 is 9.47 Å². The summed E-state index contributed by atoms with van der Waals surface area (Å²) in [5, 5.41) is 1.18. The third kappa shape index (κ3) is 2.22. The lowest BCUT2D eigenvalue weighted by atomic mass is 10.3. The largest absolute Gasteiger partial charge is 0.479 e. The van der Waals surface area contributed by atoms with Crippen molar-refractivity contribution in [2.75, 3.05) is 19.5 Å². The van der Waals surface area contributed by atoms with Crippen LogP contribution in [0.5, 0.6) is 5.88 Å². The first-order valence-electron chi connectivity index (χ1n) is 5.15. The molecule has 1 saturated heterocycles. The average molecular weight is 241 g/mol. The number of hydrogen-bond donors (Lipinski definition) is 1. The Morgan fingerprint density at radius 2 is 2.38 bits per heavy atom. The van der Waals surface area contributed by atoms with E-state index in [0.717, 1.165) is 18.1 Å². The Balaban J connectivity index is 2.14. The molecule has 0 aliphatic carbocycles. The van der Waals surface area contributed by atoms with Gasteiger partial charge in [-0.3, -0.25) is 0 Å². The summed E-state index contributed by atoms with van der Waals surface area (Å²) >= 11 is 1.63. The van der Waals surface area contributed by atoms with Crippen LogP contribution in [0.3, 0.4) is 0 Å². The molecule has 5 nitrogen and oxygen atoms in total. The van der Waals surface area contributed by atoms with Gasteiger partial charge in [-0.05, 0) is 13.3 Å². The van der Waals surface area contributed by atoms with Crippen LogP contribution in [0.15, 0.2) is 11.4 Å². The second kappa shape index (κ2) is 4.88. The summed E-state index contributed by atoms with van der Waals surface area (Å²) in [4.78, 5) is 8.12. The molecule has 0 radical (unpaired) electrons. The van der Waals surface area contributed by atoms with E-state index in [-0.39, 0.29) is 6.10 Å². The van der Waals surface area contributed by atoms with Gasteiger partial charge in [-0.1, -0.05) is 11.8 Å². The Morgan fingerprint density at radius 3 is 3.00 bits per heavy atom. The molecule has 2 N–H and O–H groups in total. The Hall–Kier alpha value is -1.01. The molecule has 6 heteroatoms. The summed E-state index contributed by atoms with van der Waals surface area (Å²) in [6.07, 6.45) is 2.74. The van der Waals surface area contributed by atoms with Gasteiger partial charge in [0.05, 0.1) is 13.2 Å². The fourth-order valence-corrected chi connectivity index (χ4v) is 2.72. The van der Waals surface area contributed by atoms with Gasteiger partial charge in [0.15, 0.2) is 0 Å². The molecule has 2 atom stereocenters. The number of thioether (sulfide) groups is 1. The standard InChI is InChI=1S/C10H15N3O2S/c1-6-7(3-4-15-6)16-10-8(11)9(14-2)12-5-13-10/h5-7H,3-4,11H2,1-2H3. The van der Waals surface area contributed by atoms with Crippen molar-refractivity contribution >= 4 is 17.4 Å². The van der Waals surface area contributed by atoms with E-state index in [1.807, 2.05) is 0 Å². The van der Waals surface area contributed by atoms with Crippen molar-refractivity contribution in [1.29, 1.82) is 0 Å². The number of hydrogen-bond acceptors (Lipinski definition) is 6. The minimum Gasteiger partial charge on any atom is -0.479 e. The maximum atomic E-state index is 5.91. The minimum atomic E-state index is 0.241. The van der Waals surface area contributed by atoms with Gasteiger partial charge in [0.1, 0.15) is 17.0 Å². The van der Waals surface area contributed by atoms with Gasteiger partial charge < -0.3 is 15.2 Å². The van der Waals surface area contributed by atoms with Crippen molar-refractivity contribution in [2.24, 2.45) is 0 Å². The van der Waals surface area contributed by atoms with Crippen LogP contribution >= 0.6 is 11.8 Å². The number of ether oxygens (including phenoxy) is 2. The zero-order valence-electron chi connectivity index (χ0n) is 9.34. The third-order valence-corrected chi connectivity index (χ3v) is 4.04. The zero-order chi connectivity index (χ0) is 11.5. The van der Waals surface area contributed by atoms with Crippen molar-refractivity contribution in [3.05, 3.63) is 6.33 Å². The average Bonchev–Trinajstić information content (AvgIpc) is 2.68. The lowest BCUT2D eigenvalue weighted by molar-refractivity contribution is 0.127. The Kier molecular flexibility index (Phi) is 3.50. The highest BCUT2D eigenvalue weighted by atomic mass is 32.2. The van der Waals surface area contributed by atoms with Crippen LogP contribution in [0.1, 0.15) is 13.3 Å². The highest BCUT2D eigenvalue weighted by Gasteiger charge is 2.26. The first-order valence-corrected chi connectivity index (χ1v) is 6.03. The maximum Gasteiger partial charge on any atom is 0.241 e. The van der Waals surface area contributed by atoms with Gasteiger partial charge in [-0.25, -0.2) is 4.98 Å². The number of nitrogens with two attached hydrogens (primary N) is 1. The van der Waals surface area contributed by atoms with E-state index in [1.165, 1.54) is 6.33 Å². The quantitative estimate of drug-likeness (QED) is 0.805. The molecule has 0 bridgehead atoms. The van der Waals surface area contributed by atoms with Crippen LogP contribution in [0.25, 0.3) is 0 Å². The van der Waals surface area contributed by atoms with Crippen LogP contribution in [0.2, 0.25) is 0 Å². The summed E-state index contributed by atoms with van der Waals surface area (Å²) in [6.45, 7) is 2.88. The number of methoxy groups -OCH3 is 1. The molecule has 16 heavy (non-hydrogen) atoms. The monoisotopic (exact) mass is 241 g/mol. The maximum absolute atomic E-state index is 5.91. The van der Waals surface area contributed by atoms with Gasteiger partial charge >= 0.3 is 0 Å². The van der Waals surface area contributed by atoms with Gasteiger partial charge in [0.25, 0.3) is 0 Å². The molecule has 2 rings (SSSR count). The lowest BCUT2D eigenvalue weighted by Gasteiger charge is -2.14. The van der Waals surface area contributed by atoms with Gasteiger partial charge in [0.2, 0.25) is 5.88 Å². The number of aromatic nitrogens is 2. The second-order valence-corrected chi connectivity index (χ2v) is 4.85. The van der Waals surface area contributed by atoms with Gasteiger partial charge in [-0.2, -0.15) is 4.98 Å². The fraction of sp³-hybridized carbons (Fsp3) is 0.600. The van der Waals surface area contributed by atoms with Crippen molar-refractivity contribution in [2.45, 2.75) is 29.7 Å². The number of anilines is 1. The van der Waals surface area contributed by atoms with E-state index < -0.39 is 0 Å². The van der Waals surface area contributed by atoms with Gasteiger partial charge in [-0.15, -0.1) is 0 Å². The van der Waals surface area contributed by atoms with Gasteiger partial charge in [0, 0.05) is 11.9 Å². The first-order chi connectivity index (χ1) is 7.72. The summed E-state index contributed by atoms with van der Waals surface area (Å²) in [5.74, 6) is 0.434. The number of rotatable bonds is 3. The van der Waals surface area contributed by atoms with E-state index in [9.17, 15) is 0 Å². The summed E-state index contributed by atoms with van der Waals surface area (Å²) in [7, 11) is 1.55. The molecular formula is C10H15N3O2S. The van der Waals surface area contributed by atoms with Crippen LogP contribution < -0.4 is 10.5 Å². The van der Waals surface area contributed by atoms with Crippen LogP contribution in [-0.4, -0.2) is 35.0 Å². The van der Waals surface area contributed by atoms with E-state index in [1.54, 1.807) is 18.9 Å². The Bertz CT molecular complexity index is 375. The molecule has 1 aliphatic heterocycles. The normalized spacial score (nSPS) is 24.6. The van der Waals surface area contributed by atoms with E-state index in [4.69, 9.17) is 15.2 Å². The Labute approximate surface area is 98.7 Å². The molecule has 88 valence electrons. The highest BCUT2D eigenvalue weighted by Crippen LogP contribution is 2.36. The molecule has 1 fully saturated rings. The number of nitrogens with zero attached hydrogens (tertiary/aromatic N) is 2. The molecule has 0 amide bonds. The van der Waals surface area contributed by atoms with Crippen molar-refractivity contribution in [3.8, 4) is 5.88 Å². The molecule has 2 heterocycles. The second-order valence-electron chi connectivity index (χ2n) is 3.62. The predicted octanol–water partition coefficient (Wildman–Crippen LogP) is 1.34. The van der Waals surface area contributed by atoms with Crippen LogP contribution in [-0.2, 0) is 4.74 Å². The predicted molar refractivity (Wildman–Crippen MR) is 62.7 cm³/mol. The molecule has 0 aromatic carbocycles. The molecule has 1 aromatic rings. The molecule has 0 saturated carbocycles. The smallest absolute Gasteiger partial charge is 0.241 e. The first kappa shape index (κ1) is 11.5. The molecule has 1 aromatic heterocycles. The molecular weight excluding hydrogens is 226 g/mol. The fourth-order valence-electron chi connectivity index (χ4n) is 1.63. The third-order valence-electron chi connectivity index (χ3n) is 2.57. The molecule has 2 unspecified atom stereocenters.